The van der Waals surface area contributed by atoms with Crippen LogP contribution in [0.15, 0.2) is 64.4 Å². The monoisotopic (exact) mass is 405 g/mol. The summed E-state index contributed by atoms with van der Waals surface area (Å²) in [7, 11) is 1.65. The van der Waals surface area contributed by atoms with Gasteiger partial charge in [-0.25, -0.2) is 0 Å². The van der Waals surface area contributed by atoms with E-state index in [4.69, 9.17) is 9.68 Å². The number of benzene rings is 1. The third-order valence-corrected chi connectivity index (χ3v) is 5.64. The van der Waals surface area contributed by atoms with Crippen molar-refractivity contribution in [1.82, 2.24) is 16.0 Å². The summed E-state index contributed by atoms with van der Waals surface area (Å²) in [5.74, 6) is 0.373. The van der Waals surface area contributed by atoms with Crippen molar-refractivity contribution in [3.63, 3.8) is 0 Å². The Labute approximate surface area is 176 Å². The van der Waals surface area contributed by atoms with Crippen LogP contribution >= 0.6 is 0 Å². The molecule has 0 atom stereocenters. The largest absolute Gasteiger partial charge is 0.472 e. The number of furan rings is 1. The highest BCUT2D eigenvalue weighted by Gasteiger charge is 2.37. The maximum absolute atomic E-state index is 12.4. The van der Waals surface area contributed by atoms with Gasteiger partial charge in [0.25, 0.3) is 0 Å². The summed E-state index contributed by atoms with van der Waals surface area (Å²) >= 11 is 0. The minimum Gasteiger partial charge on any atom is -0.472 e. The van der Waals surface area contributed by atoms with Crippen molar-refractivity contribution in [2.45, 2.75) is 37.1 Å². The number of aliphatic imine (C=N–C) groups is 1. The first kappa shape index (κ1) is 21.2. The summed E-state index contributed by atoms with van der Waals surface area (Å²) in [6.45, 7) is 0.573. The molecule has 1 fully saturated rings. The summed E-state index contributed by atoms with van der Waals surface area (Å²) < 4.78 is 5.02. The predicted octanol–water partition coefficient (Wildman–Crippen LogP) is 2.94. The van der Waals surface area contributed by atoms with Gasteiger partial charge in [0.2, 0.25) is 11.9 Å². The SMILES string of the molecule is CN=C(NC#N)NC1CCC(CNC(=O)/C=C/c2ccoc2)(c2ccccc2)CC1. The highest BCUT2D eigenvalue weighted by Crippen LogP contribution is 2.39. The number of hydrogen-bond acceptors (Lipinski definition) is 4. The molecule has 0 bridgehead atoms. The fourth-order valence-corrected chi connectivity index (χ4v) is 3.93. The normalized spacial score (nSPS) is 21.7. The zero-order chi connectivity index (χ0) is 21.2. The maximum atomic E-state index is 12.4. The van der Waals surface area contributed by atoms with Crippen molar-refractivity contribution in [2.75, 3.05) is 13.6 Å². The van der Waals surface area contributed by atoms with Crippen LogP contribution in [0.5, 0.6) is 0 Å². The molecule has 1 aromatic heterocycles. The molecule has 0 unspecified atom stereocenters. The number of nitrogens with zero attached hydrogens (tertiary/aromatic N) is 2. The van der Waals surface area contributed by atoms with Crippen LogP contribution in [-0.2, 0) is 10.2 Å². The van der Waals surface area contributed by atoms with E-state index in [0.29, 0.717) is 12.5 Å². The number of amides is 1. The highest BCUT2D eigenvalue weighted by molar-refractivity contribution is 5.91. The van der Waals surface area contributed by atoms with E-state index in [1.54, 1.807) is 31.7 Å². The van der Waals surface area contributed by atoms with E-state index in [0.717, 1.165) is 31.2 Å². The quantitative estimate of drug-likeness (QED) is 0.225. The average molecular weight is 406 g/mol. The molecule has 1 aliphatic rings. The summed E-state index contributed by atoms with van der Waals surface area (Å²) in [6.07, 6.45) is 12.0. The van der Waals surface area contributed by atoms with E-state index in [1.165, 1.54) is 11.6 Å². The van der Waals surface area contributed by atoms with Gasteiger partial charge < -0.3 is 15.1 Å². The molecular weight excluding hydrogens is 378 g/mol. The molecule has 1 amide bonds. The van der Waals surface area contributed by atoms with Crippen molar-refractivity contribution in [1.29, 1.82) is 5.26 Å². The molecule has 7 nitrogen and oxygen atoms in total. The molecule has 3 N–H and O–H groups in total. The van der Waals surface area contributed by atoms with Crippen molar-refractivity contribution in [3.05, 3.63) is 66.1 Å². The van der Waals surface area contributed by atoms with Crippen molar-refractivity contribution in [2.24, 2.45) is 4.99 Å². The predicted molar refractivity (Wildman–Crippen MR) is 116 cm³/mol. The number of carbonyl (C=O) groups excluding carboxylic acids is 1. The van der Waals surface area contributed by atoms with Gasteiger partial charge in [-0.15, -0.1) is 0 Å². The van der Waals surface area contributed by atoms with E-state index in [2.05, 4.69) is 33.1 Å². The summed E-state index contributed by atoms with van der Waals surface area (Å²) in [5.41, 5.74) is 1.97. The van der Waals surface area contributed by atoms with Gasteiger partial charge in [0.15, 0.2) is 6.19 Å². The maximum Gasteiger partial charge on any atom is 0.244 e. The van der Waals surface area contributed by atoms with E-state index >= 15 is 0 Å². The Bertz CT molecular complexity index is 905. The van der Waals surface area contributed by atoms with Crippen LogP contribution in [0.1, 0.15) is 36.8 Å². The molecule has 0 spiro atoms. The lowest BCUT2D eigenvalue weighted by molar-refractivity contribution is -0.116. The third-order valence-electron chi connectivity index (χ3n) is 5.64. The van der Waals surface area contributed by atoms with Gasteiger partial charge in [-0.05, 0) is 43.4 Å². The number of rotatable bonds is 6. The summed E-state index contributed by atoms with van der Waals surface area (Å²) in [4.78, 5) is 16.4. The molecule has 7 heteroatoms. The van der Waals surface area contributed by atoms with E-state index in [1.807, 2.05) is 24.4 Å². The molecule has 156 valence electrons. The molecule has 3 rings (SSSR count). The van der Waals surface area contributed by atoms with Crippen LogP contribution in [-0.4, -0.2) is 31.5 Å². The lowest BCUT2D eigenvalue weighted by atomic mass is 9.68. The van der Waals surface area contributed by atoms with E-state index in [-0.39, 0.29) is 17.4 Å². The number of carbonyl (C=O) groups is 1. The second-order valence-corrected chi connectivity index (χ2v) is 7.48. The number of guanidine groups is 1. The van der Waals surface area contributed by atoms with Gasteiger partial charge in [-0.2, -0.15) is 5.26 Å². The molecule has 1 heterocycles. The average Bonchev–Trinajstić information content (AvgIpc) is 3.31. The Hall–Kier alpha value is -3.53. The minimum atomic E-state index is -0.120. The van der Waals surface area contributed by atoms with Gasteiger partial charge in [0, 0.05) is 36.7 Å². The number of hydrogen-bond donors (Lipinski definition) is 3. The Morgan fingerprint density at radius 3 is 2.70 bits per heavy atom. The van der Waals surface area contributed by atoms with Crippen LogP contribution in [0.3, 0.4) is 0 Å². The van der Waals surface area contributed by atoms with E-state index in [9.17, 15) is 4.79 Å². The van der Waals surface area contributed by atoms with Crippen LogP contribution in [0.25, 0.3) is 6.08 Å². The summed E-state index contributed by atoms with van der Waals surface area (Å²) in [6, 6.07) is 12.4. The first-order valence-corrected chi connectivity index (χ1v) is 10.1. The third kappa shape index (κ3) is 5.51. The van der Waals surface area contributed by atoms with Crippen molar-refractivity contribution < 1.29 is 9.21 Å². The Kier molecular flexibility index (Phi) is 7.28. The van der Waals surface area contributed by atoms with Gasteiger partial charge >= 0.3 is 0 Å². The zero-order valence-corrected chi connectivity index (χ0v) is 17.1. The number of nitrogens with one attached hydrogen (secondary N) is 3. The second kappa shape index (κ2) is 10.3. The van der Waals surface area contributed by atoms with Crippen LogP contribution in [0.4, 0.5) is 0 Å². The molecule has 0 aliphatic heterocycles. The molecule has 0 radical (unpaired) electrons. The second-order valence-electron chi connectivity index (χ2n) is 7.48. The molecule has 2 aromatic rings. The van der Waals surface area contributed by atoms with Crippen molar-refractivity contribution >= 4 is 17.9 Å². The lowest BCUT2D eigenvalue weighted by Crippen LogP contribution is -2.49. The smallest absolute Gasteiger partial charge is 0.244 e. The van der Waals surface area contributed by atoms with Crippen molar-refractivity contribution in [3.8, 4) is 6.19 Å². The first-order valence-electron chi connectivity index (χ1n) is 10.1. The Morgan fingerprint density at radius 1 is 1.30 bits per heavy atom. The van der Waals surface area contributed by atoms with Gasteiger partial charge in [0.05, 0.1) is 12.5 Å². The lowest BCUT2D eigenvalue weighted by Gasteiger charge is -2.41. The molecule has 1 aromatic carbocycles. The highest BCUT2D eigenvalue weighted by atomic mass is 16.3. The number of nitriles is 1. The summed E-state index contributed by atoms with van der Waals surface area (Å²) in [5, 5.41) is 17.8. The fourth-order valence-electron chi connectivity index (χ4n) is 3.93. The van der Waals surface area contributed by atoms with Crippen LogP contribution < -0.4 is 16.0 Å². The molecule has 30 heavy (non-hydrogen) atoms. The minimum absolute atomic E-state index is 0.120. The first-order chi connectivity index (χ1) is 14.6. The standard InChI is InChI=1S/C23H27N5O2/c1-25-22(27-17-24)28-20-9-12-23(13-10-20,19-5-3-2-4-6-19)16-26-21(29)8-7-18-11-14-30-15-18/h2-8,11,14-15,20H,9-10,12-13,16H2,1H3,(H,26,29)(H2,25,27,28)/b8-7+. The Morgan fingerprint density at radius 2 is 2.07 bits per heavy atom. The molecule has 1 aliphatic carbocycles. The van der Waals surface area contributed by atoms with Crippen LogP contribution in [0.2, 0.25) is 0 Å². The van der Waals surface area contributed by atoms with Gasteiger partial charge in [-0.1, -0.05) is 30.3 Å². The van der Waals surface area contributed by atoms with Gasteiger partial charge in [0.1, 0.15) is 0 Å². The van der Waals surface area contributed by atoms with E-state index < -0.39 is 0 Å². The molecule has 0 saturated heterocycles. The Balaban J connectivity index is 1.65. The molecule has 1 saturated carbocycles. The van der Waals surface area contributed by atoms with Crippen LogP contribution in [0, 0.1) is 11.5 Å². The topological polar surface area (TPSA) is 102 Å². The fraction of sp³-hybridized carbons (Fsp3) is 0.348. The zero-order valence-electron chi connectivity index (χ0n) is 17.1. The van der Waals surface area contributed by atoms with Gasteiger partial charge in [-0.3, -0.25) is 15.1 Å². The molecular formula is C23H27N5O2.